The number of rotatable bonds is 6. The zero-order chi connectivity index (χ0) is 11.1. The number of hydrogen-bond donors (Lipinski definition) is 0. The highest BCUT2D eigenvalue weighted by molar-refractivity contribution is 5.83. The van der Waals surface area contributed by atoms with E-state index in [1.54, 1.807) is 7.11 Å². The van der Waals surface area contributed by atoms with Crippen LogP contribution in [0.1, 0.15) is 16.6 Å². The zero-order valence-corrected chi connectivity index (χ0v) is 8.56. The number of carbonyl (C=O) groups is 1. The number of nitrogens with zero attached hydrogens (tertiary/aromatic N) is 2. The number of hydrogen-bond acceptors (Lipinski definition) is 7. The molecule has 15 heavy (non-hydrogen) atoms. The average Bonchev–Trinajstić information content (AvgIpc) is 2.72. The monoisotopic (exact) mass is 216 g/mol. The standard InChI is InChI=1S/C8H12N2O5/c1-12-3-4-14-5-6-9-10-7(15-6)8(11)13-2/h3-5H2,1-2H3. The minimum atomic E-state index is -0.661. The lowest BCUT2D eigenvalue weighted by Gasteiger charge is -1.98. The van der Waals surface area contributed by atoms with E-state index in [0.29, 0.717) is 13.2 Å². The summed E-state index contributed by atoms with van der Waals surface area (Å²) in [5.74, 6) is -0.611. The highest BCUT2D eigenvalue weighted by Gasteiger charge is 2.14. The highest BCUT2D eigenvalue weighted by atomic mass is 16.5. The van der Waals surface area contributed by atoms with Gasteiger partial charge in [0.1, 0.15) is 6.61 Å². The highest BCUT2D eigenvalue weighted by Crippen LogP contribution is 2.02. The molecular formula is C8H12N2O5. The first-order valence-electron chi connectivity index (χ1n) is 4.25. The zero-order valence-electron chi connectivity index (χ0n) is 8.56. The van der Waals surface area contributed by atoms with E-state index < -0.39 is 5.97 Å². The molecule has 0 unspecified atom stereocenters. The van der Waals surface area contributed by atoms with Crippen LogP contribution in [-0.2, 0) is 20.8 Å². The number of carbonyl (C=O) groups excluding carboxylic acids is 1. The van der Waals surface area contributed by atoms with Crippen molar-refractivity contribution in [2.24, 2.45) is 0 Å². The molecule has 1 aromatic rings. The van der Waals surface area contributed by atoms with E-state index in [2.05, 4.69) is 14.9 Å². The summed E-state index contributed by atoms with van der Waals surface area (Å²) in [7, 11) is 2.81. The Bertz CT molecular complexity index is 312. The van der Waals surface area contributed by atoms with Crippen molar-refractivity contribution in [3.63, 3.8) is 0 Å². The number of methoxy groups -OCH3 is 2. The molecule has 0 bridgehead atoms. The van der Waals surface area contributed by atoms with Crippen molar-refractivity contribution >= 4 is 5.97 Å². The lowest BCUT2D eigenvalue weighted by atomic mass is 10.7. The van der Waals surface area contributed by atoms with E-state index in [1.807, 2.05) is 0 Å². The molecule has 0 amide bonds. The van der Waals surface area contributed by atoms with Crippen LogP contribution >= 0.6 is 0 Å². The molecule has 1 aromatic heterocycles. The van der Waals surface area contributed by atoms with E-state index in [0.717, 1.165) is 0 Å². The van der Waals surface area contributed by atoms with Gasteiger partial charge in [0, 0.05) is 7.11 Å². The molecule has 0 N–H and O–H groups in total. The Morgan fingerprint density at radius 2 is 2.13 bits per heavy atom. The molecule has 7 heteroatoms. The van der Waals surface area contributed by atoms with Crippen molar-refractivity contribution in [2.75, 3.05) is 27.4 Å². The first-order valence-corrected chi connectivity index (χ1v) is 4.25. The van der Waals surface area contributed by atoms with Crippen LogP contribution in [0.3, 0.4) is 0 Å². The molecule has 0 aliphatic rings. The van der Waals surface area contributed by atoms with Gasteiger partial charge in [-0.1, -0.05) is 0 Å². The van der Waals surface area contributed by atoms with Gasteiger partial charge in [-0.2, -0.15) is 0 Å². The van der Waals surface area contributed by atoms with Gasteiger partial charge in [0.05, 0.1) is 20.3 Å². The predicted molar refractivity (Wildman–Crippen MR) is 47.2 cm³/mol. The maximum atomic E-state index is 10.9. The van der Waals surface area contributed by atoms with Crippen molar-refractivity contribution in [3.8, 4) is 0 Å². The minimum Gasteiger partial charge on any atom is -0.462 e. The van der Waals surface area contributed by atoms with Crippen LogP contribution in [0.2, 0.25) is 0 Å². The molecule has 0 aliphatic carbocycles. The number of ether oxygens (including phenoxy) is 3. The second kappa shape index (κ2) is 6.10. The van der Waals surface area contributed by atoms with E-state index in [1.165, 1.54) is 7.11 Å². The molecule has 0 atom stereocenters. The Morgan fingerprint density at radius 3 is 2.80 bits per heavy atom. The van der Waals surface area contributed by atoms with E-state index in [9.17, 15) is 4.79 Å². The first kappa shape index (κ1) is 11.6. The van der Waals surface area contributed by atoms with Crippen LogP contribution < -0.4 is 0 Å². The summed E-state index contributed by atoms with van der Waals surface area (Å²) in [6, 6.07) is 0. The molecule has 0 spiro atoms. The van der Waals surface area contributed by atoms with Gasteiger partial charge in [-0.3, -0.25) is 0 Å². The predicted octanol–water partition coefficient (Wildman–Crippen LogP) is 0.0192. The molecule has 0 aliphatic heterocycles. The van der Waals surface area contributed by atoms with Crippen molar-refractivity contribution < 1.29 is 23.4 Å². The summed E-state index contributed by atoms with van der Waals surface area (Å²) in [5, 5.41) is 7.08. The molecule has 1 rings (SSSR count). The quantitative estimate of drug-likeness (QED) is 0.489. The Labute approximate surface area is 86.3 Å². The van der Waals surface area contributed by atoms with Gasteiger partial charge in [0.25, 0.3) is 0 Å². The summed E-state index contributed by atoms with van der Waals surface area (Å²) < 4.78 is 19.2. The fourth-order valence-electron chi connectivity index (χ4n) is 0.783. The normalized spacial score (nSPS) is 10.3. The molecule has 0 radical (unpaired) electrons. The van der Waals surface area contributed by atoms with Gasteiger partial charge in [-0.15, -0.1) is 10.2 Å². The van der Waals surface area contributed by atoms with Crippen molar-refractivity contribution in [2.45, 2.75) is 6.61 Å². The van der Waals surface area contributed by atoms with E-state index in [-0.39, 0.29) is 18.4 Å². The van der Waals surface area contributed by atoms with Crippen molar-refractivity contribution in [3.05, 3.63) is 11.8 Å². The average molecular weight is 216 g/mol. The van der Waals surface area contributed by atoms with Crippen LogP contribution in [0.25, 0.3) is 0 Å². The molecule has 0 saturated heterocycles. The summed E-state index contributed by atoms with van der Waals surface area (Å²) in [5.41, 5.74) is 0. The SMILES string of the molecule is COCCOCc1nnc(C(=O)OC)o1. The summed E-state index contributed by atoms with van der Waals surface area (Å²) in [6.07, 6.45) is 0. The molecule has 0 aromatic carbocycles. The van der Waals surface area contributed by atoms with Crippen LogP contribution in [0.15, 0.2) is 4.42 Å². The topological polar surface area (TPSA) is 83.7 Å². The second-order valence-corrected chi connectivity index (χ2v) is 2.54. The first-order chi connectivity index (χ1) is 7.27. The van der Waals surface area contributed by atoms with Crippen molar-refractivity contribution in [1.29, 1.82) is 0 Å². The number of aromatic nitrogens is 2. The smallest absolute Gasteiger partial charge is 0.396 e. The van der Waals surface area contributed by atoms with Gasteiger partial charge in [0.15, 0.2) is 0 Å². The number of esters is 1. The molecule has 0 saturated carbocycles. The second-order valence-electron chi connectivity index (χ2n) is 2.54. The van der Waals surface area contributed by atoms with E-state index in [4.69, 9.17) is 13.9 Å². The third kappa shape index (κ3) is 3.64. The van der Waals surface area contributed by atoms with Crippen LogP contribution in [0.5, 0.6) is 0 Å². The fraction of sp³-hybridized carbons (Fsp3) is 0.625. The summed E-state index contributed by atoms with van der Waals surface area (Å²) in [4.78, 5) is 10.9. The Hall–Kier alpha value is -1.47. The lowest BCUT2D eigenvalue weighted by molar-refractivity contribution is 0.0472. The maximum Gasteiger partial charge on any atom is 0.396 e. The Morgan fingerprint density at radius 1 is 1.33 bits per heavy atom. The van der Waals surface area contributed by atoms with Crippen molar-refractivity contribution in [1.82, 2.24) is 10.2 Å². The molecule has 7 nitrogen and oxygen atoms in total. The summed E-state index contributed by atoms with van der Waals surface area (Å²) in [6.45, 7) is 1.05. The third-order valence-electron chi connectivity index (χ3n) is 1.48. The van der Waals surface area contributed by atoms with Gasteiger partial charge >= 0.3 is 11.9 Å². The Kier molecular flexibility index (Phi) is 4.72. The lowest BCUT2D eigenvalue weighted by Crippen LogP contribution is -2.02. The third-order valence-corrected chi connectivity index (χ3v) is 1.48. The Balaban J connectivity index is 2.36. The fourth-order valence-corrected chi connectivity index (χ4v) is 0.783. The van der Waals surface area contributed by atoms with E-state index >= 15 is 0 Å². The van der Waals surface area contributed by atoms with Crippen LogP contribution in [0.4, 0.5) is 0 Å². The van der Waals surface area contributed by atoms with Gasteiger partial charge in [-0.05, 0) is 0 Å². The van der Waals surface area contributed by atoms with Gasteiger partial charge in [-0.25, -0.2) is 4.79 Å². The molecular weight excluding hydrogens is 204 g/mol. The van der Waals surface area contributed by atoms with Gasteiger partial charge < -0.3 is 18.6 Å². The van der Waals surface area contributed by atoms with Crippen LogP contribution in [-0.4, -0.2) is 43.6 Å². The molecule has 84 valence electrons. The largest absolute Gasteiger partial charge is 0.462 e. The molecule has 0 fully saturated rings. The van der Waals surface area contributed by atoms with Crippen LogP contribution in [0, 0.1) is 0 Å². The minimum absolute atomic E-state index is 0.146. The summed E-state index contributed by atoms with van der Waals surface area (Å²) >= 11 is 0. The van der Waals surface area contributed by atoms with Gasteiger partial charge in [0.2, 0.25) is 5.89 Å². The molecule has 1 heterocycles. The maximum absolute atomic E-state index is 10.9.